The highest BCUT2D eigenvalue weighted by Crippen LogP contribution is 2.17. The van der Waals surface area contributed by atoms with Crippen molar-refractivity contribution in [3.63, 3.8) is 0 Å². The lowest BCUT2D eigenvalue weighted by atomic mass is 10.1. The van der Waals surface area contributed by atoms with E-state index in [2.05, 4.69) is 4.72 Å². The maximum Gasteiger partial charge on any atom is 0.257 e. The fourth-order valence-corrected chi connectivity index (χ4v) is 3.14. The molecule has 6 nitrogen and oxygen atoms in total. The van der Waals surface area contributed by atoms with Crippen molar-refractivity contribution in [1.29, 1.82) is 0 Å². The van der Waals surface area contributed by atoms with Gasteiger partial charge >= 0.3 is 0 Å². The average molecular weight is 286 g/mol. The zero-order chi connectivity index (χ0) is 14.0. The van der Waals surface area contributed by atoms with Crippen LogP contribution in [0, 0.1) is 6.92 Å². The fourth-order valence-electron chi connectivity index (χ4n) is 2.34. The van der Waals surface area contributed by atoms with Crippen LogP contribution in [0.5, 0.6) is 0 Å². The van der Waals surface area contributed by atoms with Crippen molar-refractivity contribution < 1.29 is 17.6 Å². The minimum Gasteiger partial charge on any atom is -0.469 e. The van der Waals surface area contributed by atoms with Crippen molar-refractivity contribution in [3.05, 3.63) is 23.7 Å². The Hall–Kier alpha value is -1.34. The van der Waals surface area contributed by atoms with Crippen LogP contribution in [0.4, 0.5) is 0 Å². The predicted octanol–water partition coefficient (Wildman–Crippen LogP) is 0.742. The molecule has 2 heterocycles. The molecule has 2 rings (SSSR count). The number of likely N-dealkylation sites (tertiary alicyclic amines) is 1. The highest BCUT2D eigenvalue weighted by molar-refractivity contribution is 7.88. The van der Waals surface area contributed by atoms with Crippen molar-refractivity contribution in [3.8, 4) is 0 Å². The number of rotatable bonds is 3. The quantitative estimate of drug-likeness (QED) is 0.889. The van der Waals surface area contributed by atoms with Crippen LogP contribution in [0.15, 0.2) is 16.7 Å². The SMILES string of the molecule is Cc1occc1C(=O)N1CCC[C@H](NS(C)(=O)=O)C1. The molecule has 0 unspecified atom stereocenters. The van der Waals surface area contributed by atoms with Gasteiger partial charge in [0.25, 0.3) is 5.91 Å². The Morgan fingerprint density at radius 2 is 2.26 bits per heavy atom. The van der Waals surface area contributed by atoms with Gasteiger partial charge in [0.15, 0.2) is 0 Å². The first kappa shape index (κ1) is 14.1. The molecule has 0 aliphatic carbocycles. The molecule has 1 aliphatic heterocycles. The normalized spacial score (nSPS) is 20.5. The van der Waals surface area contributed by atoms with E-state index in [1.807, 2.05) is 0 Å². The number of piperidine rings is 1. The molecular weight excluding hydrogens is 268 g/mol. The second-order valence-electron chi connectivity index (χ2n) is 4.87. The number of hydrogen-bond donors (Lipinski definition) is 1. The third kappa shape index (κ3) is 3.57. The van der Waals surface area contributed by atoms with Crippen molar-refractivity contribution in [2.75, 3.05) is 19.3 Å². The van der Waals surface area contributed by atoms with Gasteiger partial charge in [0, 0.05) is 19.1 Å². The zero-order valence-corrected chi connectivity index (χ0v) is 11.9. The molecule has 106 valence electrons. The summed E-state index contributed by atoms with van der Waals surface area (Å²) in [5.41, 5.74) is 0.542. The van der Waals surface area contributed by atoms with Gasteiger partial charge in [0.2, 0.25) is 10.0 Å². The Balaban J connectivity index is 2.05. The van der Waals surface area contributed by atoms with E-state index in [9.17, 15) is 13.2 Å². The summed E-state index contributed by atoms with van der Waals surface area (Å²) in [5.74, 6) is 0.481. The summed E-state index contributed by atoms with van der Waals surface area (Å²) in [6.07, 6.45) is 4.16. The first-order chi connectivity index (χ1) is 8.87. The zero-order valence-electron chi connectivity index (χ0n) is 11.0. The molecule has 0 radical (unpaired) electrons. The van der Waals surface area contributed by atoms with Crippen molar-refractivity contribution >= 4 is 15.9 Å². The molecule has 1 atom stereocenters. The molecule has 19 heavy (non-hydrogen) atoms. The first-order valence-corrected chi connectivity index (χ1v) is 8.06. The topological polar surface area (TPSA) is 79.6 Å². The lowest BCUT2D eigenvalue weighted by Gasteiger charge is -2.32. The second-order valence-corrected chi connectivity index (χ2v) is 6.65. The molecule has 1 N–H and O–H groups in total. The smallest absolute Gasteiger partial charge is 0.257 e. The van der Waals surface area contributed by atoms with Crippen LogP contribution in [-0.4, -0.2) is 44.6 Å². The number of nitrogens with one attached hydrogen (secondary N) is 1. The average Bonchev–Trinajstić information content (AvgIpc) is 2.72. The van der Waals surface area contributed by atoms with Crippen LogP contribution in [0.25, 0.3) is 0 Å². The van der Waals surface area contributed by atoms with E-state index in [0.717, 1.165) is 19.1 Å². The molecule has 0 spiro atoms. The Morgan fingerprint density at radius 3 is 2.84 bits per heavy atom. The molecule has 1 amide bonds. The number of sulfonamides is 1. The van der Waals surface area contributed by atoms with E-state index in [1.54, 1.807) is 17.9 Å². The van der Waals surface area contributed by atoms with E-state index >= 15 is 0 Å². The number of amides is 1. The van der Waals surface area contributed by atoms with Gasteiger partial charge in [-0.05, 0) is 25.8 Å². The Labute approximate surface area is 112 Å². The number of furan rings is 1. The molecule has 0 bridgehead atoms. The van der Waals surface area contributed by atoms with E-state index in [4.69, 9.17) is 4.42 Å². The third-order valence-corrected chi connectivity index (χ3v) is 3.94. The van der Waals surface area contributed by atoms with E-state index in [1.165, 1.54) is 6.26 Å². The first-order valence-electron chi connectivity index (χ1n) is 6.17. The number of carbonyl (C=O) groups excluding carboxylic acids is 1. The molecule has 1 saturated heterocycles. The summed E-state index contributed by atoms with van der Waals surface area (Å²) < 4.78 is 30.1. The molecule has 0 aromatic carbocycles. The minimum absolute atomic E-state index is 0.105. The van der Waals surface area contributed by atoms with Crippen molar-refractivity contribution in [1.82, 2.24) is 9.62 Å². The van der Waals surface area contributed by atoms with Crippen LogP contribution in [0.1, 0.15) is 29.0 Å². The van der Waals surface area contributed by atoms with E-state index < -0.39 is 10.0 Å². The summed E-state index contributed by atoms with van der Waals surface area (Å²) in [4.78, 5) is 14.0. The highest BCUT2D eigenvalue weighted by atomic mass is 32.2. The van der Waals surface area contributed by atoms with Gasteiger partial charge < -0.3 is 9.32 Å². The van der Waals surface area contributed by atoms with Gasteiger partial charge in [-0.3, -0.25) is 4.79 Å². The predicted molar refractivity (Wildman–Crippen MR) is 70.4 cm³/mol. The summed E-state index contributed by atoms with van der Waals surface area (Å²) in [7, 11) is -3.24. The van der Waals surface area contributed by atoms with Gasteiger partial charge in [-0.2, -0.15) is 0 Å². The van der Waals surface area contributed by atoms with Crippen LogP contribution in [0.3, 0.4) is 0 Å². The van der Waals surface area contributed by atoms with Crippen molar-refractivity contribution in [2.45, 2.75) is 25.8 Å². The highest BCUT2D eigenvalue weighted by Gasteiger charge is 2.27. The molecule has 7 heteroatoms. The number of aryl methyl sites for hydroxylation is 1. The molecule has 1 aliphatic rings. The lowest BCUT2D eigenvalue weighted by Crippen LogP contribution is -2.49. The Kier molecular flexibility index (Phi) is 3.96. The molecular formula is C12H18N2O4S. The monoisotopic (exact) mass is 286 g/mol. The molecule has 1 aromatic rings. The number of hydrogen-bond acceptors (Lipinski definition) is 4. The van der Waals surface area contributed by atoms with Gasteiger partial charge in [-0.25, -0.2) is 13.1 Å². The third-order valence-electron chi connectivity index (χ3n) is 3.18. The lowest BCUT2D eigenvalue weighted by molar-refractivity contribution is 0.0701. The largest absolute Gasteiger partial charge is 0.469 e. The number of nitrogens with zero attached hydrogens (tertiary/aromatic N) is 1. The number of carbonyl (C=O) groups is 1. The molecule has 0 saturated carbocycles. The van der Waals surface area contributed by atoms with Gasteiger partial charge in [-0.15, -0.1) is 0 Å². The maximum absolute atomic E-state index is 12.3. The summed E-state index contributed by atoms with van der Waals surface area (Å²) in [6, 6.07) is 1.44. The van der Waals surface area contributed by atoms with Gasteiger partial charge in [-0.1, -0.05) is 0 Å². The summed E-state index contributed by atoms with van der Waals surface area (Å²) in [5, 5.41) is 0. The fraction of sp³-hybridized carbons (Fsp3) is 0.583. The maximum atomic E-state index is 12.3. The Morgan fingerprint density at radius 1 is 1.53 bits per heavy atom. The molecule has 1 fully saturated rings. The summed E-state index contributed by atoms with van der Waals surface area (Å²) in [6.45, 7) is 2.78. The second kappa shape index (κ2) is 5.34. The van der Waals surface area contributed by atoms with E-state index in [0.29, 0.717) is 24.4 Å². The van der Waals surface area contributed by atoms with Crippen LogP contribution in [-0.2, 0) is 10.0 Å². The van der Waals surface area contributed by atoms with Gasteiger partial charge in [0.05, 0.1) is 18.1 Å². The van der Waals surface area contributed by atoms with Crippen LogP contribution < -0.4 is 4.72 Å². The summed E-state index contributed by atoms with van der Waals surface area (Å²) >= 11 is 0. The van der Waals surface area contributed by atoms with Crippen LogP contribution in [0.2, 0.25) is 0 Å². The van der Waals surface area contributed by atoms with Crippen molar-refractivity contribution in [2.24, 2.45) is 0 Å². The van der Waals surface area contributed by atoms with Gasteiger partial charge in [0.1, 0.15) is 5.76 Å². The minimum atomic E-state index is -3.24. The van der Waals surface area contributed by atoms with Crippen LogP contribution >= 0.6 is 0 Å². The van der Waals surface area contributed by atoms with E-state index in [-0.39, 0.29) is 11.9 Å². The standard InChI is InChI=1S/C12H18N2O4S/c1-9-11(5-7-18-9)12(15)14-6-3-4-10(8-14)13-19(2,16)17/h5,7,10,13H,3-4,6,8H2,1-2H3/t10-/m0/s1. The molecule has 1 aromatic heterocycles. The Bertz CT molecular complexity index is 564.